The van der Waals surface area contributed by atoms with E-state index in [2.05, 4.69) is 0 Å². The molecule has 6 heteroatoms. The molecule has 3 nitrogen and oxygen atoms in total. The van der Waals surface area contributed by atoms with E-state index in [9.17, 15) is 22.3 Å². The van der Waals surface area contributed by atoms with Crippen molar-refractivity contribution in [1.82, 2.24) is 0 Å². The summed E-state index contributed by atoms with van der Waals surface area (Å²) < 4.78 is 52.2. The fraction of sp³-hybridized carbons (Fsp3) is 0.571. The maximum atomic E-state index is 14.1. The topological polar surface area (TPSA) is 54.4 Å². The molecule has 0 saturated heterocycles. The number of hydrogen-bond donors (Lipinski definition) is 1. The van der Waals surface area contributed by atoms with Crippen molar-refractivity contribution in [3.05, 3.63) is 30.3 Å². The summed E-state index contributed by atoms with van der Waals surface area (Å²) in [6.07, 6.45) is -0.384. The maximum absolute atomic E-state index is 14.1. The number of aliphatic hydroxyl groups excluding tert-OH is 1. The van der Waals surface area contributed by atoms with E-state index in [1.165, 1.54) is 25.1 Å². The lowest BCUT2D eigenvalue weighted by Gasteiger charge is -2.27. The second-order valence-electron chi connectivity index (χ2n) is 4.94. The largest absolute Gasteiger partial charge is 0.385 e. The Morgan fingerprint density at radius 1 is 1.25 bits per heavy atom. The monoisotopic (exact) mass is 306 g/mol. The van der Waals surface area contributed by atoms with Crippen molar-refractivity contribution in [2.45, 2.75) is 49.4 Å². The number of alkyl halides is 2. The van der Waals surface area contributed by atoms with Gasteiger partial charge in [-0.2, -0.15) is 8.78 Å². The standard InChI is InChI=1S/C14H20F2O3S/c1-3-4-8-11(2)13(17)14(15,16)20(18,19)12-9-6-5-7-10-12/h5-7,9-11,13,17H,3-4,8H2,1-2H3/t11-,13+/m1/s1. The van der Waals surface area contributed by atoms with Gasteiger partial charge in [0.25, 0.3) is 0 Å². The van der Waals surface area contributed by atoms with Crippen LogP contribution in [0.4, 0.5) is 8.78 Å². The van der Waals surface area contributed by atoms with Gasteiger partial charge in [-0.15, -0.1) is 0 Å². The van der Waals surface area contributed by atoms with Gasteiger partial charge in [0.05, 0.1) is 4.90 Å². The van der Waals surface area contributed by atoms with Gasteiger partial charge in [-0.3, -0.25) is 0 Å². The molecule has 0 spiro atoms. The third kappa shape index (κ3) is 3.35. The first-order chi connectivity index (χ1) is 9.25. The van der Waals surface area contributed by atoms with Crippen LogP contribution in [0.2, 0.25) is 0 Å². The molecule has 1 rings (SSSR count). The first-order valence-corrected chi connectivity index (χ1v) is 8.09. The minimum atomic E-state index is -4.89. The molecule has 0 amide bonds. The Labute approximate surface area is 118 Å². The fourth-order valence-corrected chi connectivity index (χ4v) is 3.31. The zero-order chi connectivity index (χ0) is 15.4. The predicted octanol–water partition coefficient (Wildman–Crippen LogP) is 3.24. The summed E-state index contributed by atoms with van der Waals surface area (Å²) in [5, 5.41) is 5.55. The zero-order valence-electron chi connectivity index (χ0n) is 11.6. The Morgan fingerprint density at radius 2 is 1.80 bits per heavy atom. The van der Waals surface area contributed by atoms with E-state index in [4.69, 9.17) is 0 Å². The van der Waals surface area contributed by atoms with Crippen LogP contribution in [0, 0.1) is 5.92 Å². The molecule has 0 unspecified atom stereocenters. The van der Waals surface area contributed by atoms with Crippen LogP contribution in [0.3, 0.4) is 0 Å². The van der Waals surface area contributed by atoms with Crippen molar-refractivity contribution in [3.8, 4) is 0 Å². The average Bonchev–Trinajstić information content (AvgIpc) is 2.44. The van der Waals surface area contributed by atoms with E-state index in [-0.39, 0.29) is 0 Å². The molecule has 0 fully saturated rings. The lowest BCUT2D eigenvalue weighted by molar-refractivity contribution is -0.0694. The third-order valence-corrected chi connectivity index (χ3v) is 5.16. The van der Waals surface area contributed by atoms with E-state index >= 15 is 0 Å². The van der Waals surface area contributed by atoms with E-state index in [0.717, 1.165) is 18.6 Å². The molecule has 0 radical (unpaired) electrons. The van der Waals surface area contributed by atoms with Crippen LogP contribution < -0.4 is 0 Å². The van der Waals surface area contributed by atoms with Gasteiger partial charge in [0.2, 0.25) is 9.84 Å². The van der Waals surface area contributed by atoms with Gasteiger partial charge in [0.15, 0.2) is 0 Å². The minimum Gasteiger partial charge on any atom is -0.385 e. The van der Waals surface area contributed by atoms with Gasteiger partial charge in [0, 0.05) is 0 Å². The Balaban J connectivity index is 3.03. The number of unbranched alkanes of at least 4 members (excludes halogenated alkanes) is 1. The van der Waals surface area contributed by atoms with E-state index in [1.54, 1.807) is 0 Å². The molecule has 1 N–H and O–H groups in total. The molecule has 0 heterocycles. The second kappa shape index (κ2) is 6.63. The van der Waals surface area contributed by atoms with Gasteiger partial charge in [-0.25, -0.2) is 8.42 Å². The highest BCUT2D eigenvalue weighted by molar-refractivity contribution is 7.92. The number of halogens is 2. The van der Waals surface area contributed by atoms with Gasteiger partial charge in [0.1, 0.15) is 6.10 Å². The van der Waals surface area contributed by atoms with Crippen molar-refractivity contribution >= 4 is 9.84 Å². The number of hydrogen-bond acceptors (Lipinski definition) is 3. The van der Waals surface area contributed by atoms with E-state index < -0.39 is 32.0 Å². The quantitative estimate of drug-likeness (QED) is 0.841. The Bertz CT molecular complexity index is 514. The van der Waals surface area contributed by atoms with Gasteiger partial charge in [-0.05, 0) is 24.5 Å². The summed E-state index contributed by atoms with van der Waals surface area (Å²) in [5.41, 5.74) is 0. The molecule has 20 heavy (non-hydrogen) atoms. The smallest absolute Gasteiger partial charge is 0.375 e. The molecule has 2 atom stereocenters. The molecule has 0 bridgehead atoms. The van der Waals surface area contributed by atoms with Crippen molar-refractivity contribution in [3.63, 3.8) is 0 Å². The second-order valence-corrected chi connectivity index (χ2v) is 6.97. The number of benzene rings is 1. The molecule has 0 aliphatic heterocycles. The first kappa shape index (κ1) is 17.0. The predicted molar refractivity (Wildman–Crippen MR) is 73.3 cm³/mol. The van der Waals surface area contributed by atoms with Gasteiger partial charge < -0.3 is 5.11 Å². The van der Waals surface area contributed by atoms with Crippen molar-refractivity contribution in [1.29, 1.82) is 0 Å². The van der Waals surface area contributed by atoms with Crippen molar-refractivity contribution in [2.24, 2.45) is 5.92 Å². The zero-order valence-corrected chi connectivity index (χ0v) is 12.4. The summed E-state index contributed by atoms with van der Waals surface area (Å²) in [6.45, 7) is 3.34. The Hall–Kier alpha value is -1.01. The number of sulfone groups is 1. The number of rotatable bonds is 7. The van der Waals surface area contributed by atoms with Gasteiger partial charge in [-0.1, -0.05) is 44.9 Å². The normalized spacial score (nSPS) is 15.8. The lowest BCUT2D eigenvalue weighted by Crippen LogP contribution is -2.45. The number of aliphatic hydroxyl groups is 1. The van der Waals surface area contributed by atoms with Crippen LogP contribution >= 0.6 is 0 Å². The summed E-state index contributed by atoms with van der Waals surface area (Å²) in [6, 6.07) is 6.49. The molecule has 114 valence electrons. The molecule has 0 aliphatic rings. The molecule has 1 aromatic rings. The van der Waals surface area contributed by atoms with Crippen LogP contribution in [-0.4, -0.2) is 24.9 Å². The third-order valence-electron chi connectivity index (χ3n) is 3.31. The van der Waals surface area contributed by atoms with E-state index in [1.807, 2.05) is 6.92 Å². The molecule has 0 saturated carbocycles. The lowest BCUT2D eigenvalue weighted by atomic mass is 9.98. The van der Waals surface area contributed by atoms with Crippen molar-refractivity contribution < 1.29 is 22.3 Å². The van der Waals surface area contributed by atoms with Crippen LogP contribution in [0.15, 0.2) is 35.2 Å². The van der Waals surface area contributed by atoms with Crippen LogP contribution in [-0.2, 0) is 9.84 Å². The van der Waals surface area contributed by atoms with Crippen LogP contribution in [0.25, 0.3) is 0 Å². The molecular formula is C14H20F2O3S. The Kier molecular flexibility index (Phi) is 5.65. The van der Waals surface area contributed by atoms with E-state index in [0.29, 0.717) is 12.8 Å². The van der Waals surface area contributed by atoms with Gasteiger partial charge >= 0.3 is 5.25 Å². The Morgan fingerprint density at radius 3 is 2.30 bits per heavy atom. The minimum absolute atomic E-state index is 0.359. The molecule has 0 aromatic heterocycles. The average molecular weight is 306 g/mol. The summed E-state index contributed by atoms with van der Waals surface area (Å²) in [5.74, 6) is -0.788. The van der Waals surface area contributed by atoms with Crippen molar-refractivity contribution in [2.75, 3.05) is 0 Å². The summed E-state index contributed by atoms with van der Waals surface area (Å²) in [7, 11) is -4.89. The SMILES string of the molecule is CCCC[C@@H](C)[C@H](O)C(F)(F)S(=O)(=O)c1ccccc1. The molecular weight excluding hydrogens is 286 g/mol. The highest BCUT2D eigenvalue weighted by Crippen LogP contribution is 2.36. The summed E-state index contributed by atoms with van der Waals surface area (Å²) in [4.78, 5) is -0.480. The highest BCUT2D eigenvalue weighted by Gasteiger charge is 2.53. The maximum Gasteiger partial charge on any atom is 0.375 e. The molecule has 0 aliphatic carbocycles. The fourth-order valence-electron chi connectivity index (χ4n) is 1.93. The molecule has 1 aromatic carbocycles. The summed E-state index contributed by atoms with van der Waals surface area (Å²) >= 11 is 0. The highest BCUT2D eigenvalue weighted by atomic mass is 32.2. The van der Waals surface area contributed by atoms with Crippen LogP contribution in [0.5, 0.6) is 0 Å². The first-order valence-electron chi connectivity index (χ1n) is 6.60. The van der Waals surface area contributed by atoms with Crippen LogP contribution in [0.1, 0.15) is 33.1 Å².